The molecule has 0 amide bonds. The van der Waals surface area contributed by atoms with Crippen LogP contribution in [-0.4, -0.2) is 11.5 Å². The molecule has 1 aromatic heterocycles. The summed E-state index contributed by atoms with van der Waals surface area (Å²) in [5.41, 5.74) is 3.83. The fourth-order valence-corrected chi connectivity index (χ4v) is 2.06. The molecule has 0 N–H and O–H groups in total. The predicted octanol–water partition coefficient (Wildman–Crippen LogP) is 3.73. The van der Waals surface area contributed by atoms with Crippen molar-refractivity contribution in [2.75, 3.05) is 11.4 Å². The minimum absolute atomic E-state index is 0.646. The predicted molar refractivity (Wildman–Crippen MR) is 77.5 cm³/mol. The van der Waals surface area contributed by atoms with Gasteiger partial charge in [0.25, 0.3) is 0 Å². The van der Waals surface area contributed by atoms with Crippen LogP contribution in [0, 0.1) is 25.2 Å². The van der Waals surface area contributed by atoms with Crippen molar-refractivity contribution in [2.45, 2.75) is 20.8 Å². The molecule has 0 radical (unpaired) electrons. The topological polar surface area (TPSA) is 39.9 Å². The van der Waals surface area contributed by atoms with Gasteiger partial charge in [-0.05, 0) is 45.0 Å². The van der Waals surface area contributed by atoms with E-state index in [4.69, 9.17) is 5.26 Å². The Morgan fingerprint density at radius 3 is 2.42 bits per heavy atom. The molecule has 2 rings (SSSR count). The summed E-state index contributed by atoms with van der Waals surface area (Å²) in [6, 6.07) is 14.1. The third-order valence-electron chi connectivity index (χ3n) is 3.01. The zero-order chi connectivity index (χ0) is 13.8. The zero-order valence-electron chi connectivity index (χ0n) is 11.5. The summed E-state index contributed by atoms with van der Waals surface area (Å²) >= 11 is 0. The molecule has 0 fully saturated rings. The normalized spacial score (nSPS) is 10.0. The number of benzene rings is 1. The highest BCUT2D eigenvalue weighted by molar-refractivity contribution is 5.61. The number of aromatic nitrogens is 1. The summed E-state index contributed by atoms with van der Waals surface area (Å²) in [6.07, 6.45) is 0. The molecule has 0 saturated heterocycles. The van der Waals surface area contributed by atoms with Crippen LogP contribution in [0.2, 0.25) is 0 Å². The first-order chi connectivity index (χ1) is 9.13. The van der Waals surface area contributed by atoms with Gasteiger partial charge in [0.15, 0.2) is 0 Å². The van der Waals surface area contributed by atoms with E-state index in [1.54, 1.807) is 6.07 Å². The first kappa shape index (κ1) is 13.1. The van der Waals surface area contributed by atoms with Crippen LogP contribution in [0.3, 0.4) is 0 Å². The second kappa shape index (κ2) is 5.53. The quantitative estimate of drug-likeness (QED) is 0.834. The number of aryl methyl sites for hydroxylation is 2. The van der Waals surface area contributed by atoms with Crippen LogP contribution < -0.4 is 4.90 Å². The minimum atomic E-state index is 0.646. The molecule has 0 aliphatic heterocycles. The first-order valence-electron chi connectivity index (χ1n) is 6.37. The second-order valence-electron chi connectivity index (χ2n) is 4.55. The van der Waals surface area contributed by atoms with Crippen molar-refractivity contribution in [3.05, 3.63) is 53.2 Å². The van der Waals surface area contributed by atoms with Gasteiger partial charge in [0, 0.05) is 17.9 Å². The molecule has 0 spiro atoms. The molecule has 96 valence electrons. The van der Waals surface area contributed by atoms with Crippen LogP contribution >= 0.6 is 0 Å². The summed E-state index contributed by atoms with van der Waals surface area (Å²) in [5, 5.41) is 9.05. The van der Waals surface area contributed by atoms with E-state index in [-0.39, 0.29) is 0 Å². The van der Waals surface area contributed by atoms with E-state index in [1.807, 2.05) is 13.0 Å². The summed E-state index contributed by atoms with van der Waals surface area (Å²) in [5.74, 6) is 0.822. The van der Waals surface area contributed by atoms with Gasteiger partial charge < -0.3 is 4.90 Å². The van der Waals surface area contributed by atoms with Crippen LogP contribution in [0.4, 0.5) is 11.5 Å². The van der Waals surface area contributed by atoms with E-state index in [0.29, 0.717) is 5.56 Å². The Morgan fingerprint density at radius 2 is 1.84 bits per heavy atom. The van der Waals surface area contributed by atoms with Crippen molar-refractivity contribution in [1.82, 2.24) is 4.98 Å². The molecule has 0 atom stereocenters. The SMILES string of the molecule is CCN(c1ccc(C)cc1)c1cc(C#N)cc(C)n1. The average Bonchev–Trinajstić information content (AvgIpc) is 2.41. The standard InChI is InChI=1S/C16H17N3/c1-4-19(15-7-5-12(2)6-8-15)16-10-14(11-17)9-13(3)18-16/h5-10H,4H2,1-3H3. The summed E-state index contributed by atoms with van der Waals surface area (Å²) in [4.78, 5) is 6.63. The molecule has 1 heterocycles. The third kappa shape index (κ3) is 2.92. The Morgan fingerprint density at radius 1 is 1.16 bits per heavy atom. The highest BCUT2D eigenvalue weighted by Gasteiger charge is 2.10. The minimum Gasteiger partial charge on any atom is -0.327 e. The Hall–Kier alpha value is -2.34. The fourth-order valence-electron chi connectivity index (χ4n) is 2.06. The molecule has 0 unspecified atom stereocenters. The van der Waals surface area contributed by atoms with Gasteiger partial charge in [-0.2, -0.15) is 5.26 Å². The molecule has 3 nitrogen and oxygen atoms in total. The average molecular weight is 251 g/mol. The third-order valence-corrected chi connectivity index (χ3v) is 3.01. The Labute approximate surface area is 114 Å². The van der Waals surface area contributed by atoms with Gasteiger partial charge in [-0.25, -0.2) is 4.98 Å². The first-order valence-corrected chi connectivity index (χ1v) is 6.37. The summed E-state index contributed by atoms with van der Waals surface area (Å²) in [7, 11) is 0. The van der Waals surface area contributed by atoms with Gasteiger partial charge in [-0.15, -0.1) is 0 Å². The maximum atomic E-state index is 9.05. The molecule has 0 aliphatic rings. The Kier molecular flexibility index (Phi) is 3.82. The Bertz CT molecular complexity index is 609. The highest BCUT2D eigenvalue weighted by atomic mass is 15.2. The van der Waals surface area contributed by atoms with E-state index in [1.165, 1.54) is 5.56 Å². The second-order valence-corrected chi connectivity index (χ2v) is 4.55. The highest BCUT2D eigenvalue weighted by Crippen LogP contribution is 2.24. The maximum absolute atomic E-state index is 9.05. The van der Waals surface area contributed by atoms with Crippen molar-refractivity contribution < 1.29 is 0 Å². The lowest BCUT2D eigenvalue weighted by molar-refractivity contribution is 0.977. The van der Waals surface area contributed by atoms with Gasteiger partial charge in [0.2, 0.25) is 0 Å². The molecule has 0 saturated carbocycles. The van der Waals surface area contributed by atoms with Crippen LogP contribution in [0.1, 0.15) is 23.7 Å². The monoisotopic (exact) mass is 251 g/mol. The van der Waals surface area contributed by atoms with Gasteiger partial charge in [-0.1, -0.05) is 17.7 Å². The number of anilines is 2. The van der Waals surface area contributed by atoms with Crippen molar-refractivity contribution in [3.8, 4) is 6.07 Å². The molecule has 2 aromatic rings. The van der Waals surface area contributed by atoms with E-state index < -0.39 is 0 Å². The van der Waals surface area contributed by atoms with Crippen molar-refractivity contribution >= 4 is 11.5 Å². The fraction of sp³-hybridized carbons (Fsp3) is 0.250. The van der Waals surface area contributed by atoms with Gasteiger partial charge in [-0.3, -0.25) is 0 Å². The molecular weight excluding hydrogens is 234 g/mol. The van der Waals surface area contributed by atoms with Gasteiger partial charge in [0.1, 0.15) is 5.82 Å². The van der Waals surface area contributed by atoms with Crippen molar-refractivity contribution in [3.63, 3.8) is 0 Å². The molecule has 1 aromatic carbocycles. The van der Waals surface area contributed by atoms with E-state index in [0.717, 1.165) is 23.7 Å². The van der Waals surface area contributed by atoms with Crippen LogP contribution in [0.25, 0.3) is 0 Å². The smallest absolute Gasteiger partial charge is 0.134 e. The lowest BCUT2D eigenvalue weighted by Crippen LogP contribution is -2.17. The van der Waals surface area contributed by atoms with Crippen molar-refractivity contribution in [2.24, 2.45) is 0 Å². The number of pyridine rings is 1. The summed E-state index contributed by atoms with van der Waals surface area (Å²) < 4.78 is 0. The Balaban J connectivity index is 2.45. The molecule has 0 aliphatic carbocycles. The van der Waals surface area contributed by atoms with Gasteiger partial charge in [0.05, 0.1) is 11.6 Å². The van der Waals surface area contributed by atoms with Crippen LogP contribution in [-0.2, 0) is 0 Å². The lowest BCUT2D eigenvalue weighted by atomic mass is 10.2. The summed E-state index contributed by atoms with van der Waals surface area (Å²) in [6.45, 7) is 6.87. The van der Waals surface area contributed by atoms with Gasteiger partial charge >= 0.3 is 0 Å². The van der Waals surface area contributed by atoms with Crippen LogP contribution in [0.15, 0.2) is 36.4 Å². The van der Waals surface area contributed by atoms with Crippen LogP contribution in [0.5, 0.6) is 0 Å². The number of nitriles is 1. The van der Waals surface area contributed by atoms with E-state index in [2.05, 4.69) is 54.1 Å². The number of nitrogens with zero attached hydrogens (tertiary/aromatic N) is 3. The molecule has 0 bridgehead atoms. The largest absolute Gasteiger partial charge is 0.327 e. The lowest BCUT2D eigenvalue weighted by Gasteiger charge is -2.22. The number of hydrogen-bond donors (Lipinski definition) is 0. The molecular formula is C16H17N3. The van der Waals surface area contributed by atoms with E-state index >= 15 is 0 Å². The molecule has 3 heteroatoms. The number of hydrogen-bond acceptors (Lipinski definition) is 3. The molecule has 19 heavy (non-hydrogen) atoms. The number of rotatable bonds is 3. The van der Waals surface area contributed by atoms with E-state index in [9.17, 15) is 0 Å². The zero-order valence-corrected chi connectivity index (χ0v) is 11.5. The maximum Gasteiger partial charge on any atom is 0.134 e. The van der Waals surface area contributed by atoms with Crippen molar-refractivity contribution in [1.29, 1.82) is 5.26 Å².